The maximum absolute atomic E-state index is 12.2. The molecule has 5 heteroatoms. The van der Waals surface area contributed by atoms with Crippen molar-refractivity contribution in [1.29, 1.82) is 0 Å². The lowest BCUT2D eigenvalue weighted by molar-refractivity contribution is -0.139. The number of hydrogen-bond acceptors (Lipinski definition) is 3. The van der Waals surface area contributed by atoms with Crippen molar-refractivity contribution in [2.75, 3.05) is 13.7 Å². The number of benzene rings is 1. The van der Waals surface area contributed by atoms with Crippen molar-refractivity contribution in [2.45, 2.75) is 20.4 Å². The number of esters is 1. The van der Waals surface area contributed by atoms with Gasteiger partial charge in [-0.3, -0.25) is 9.59 Å². The summed E-state index contributed by atoms with van der Waals surface area (Å²) in [6.07, 6.45) is 0. The molecule has 0 saturated heterocycles. The third-order valence-electron chi connectivity index (χ3n) is 3.62. The molecule has 0 spiro atoms. The Morgan fingerprint density at radius 3 is 2.50 bits per heavy atom. The van der Waals surface area contributed by atoms with Gasteiger partial charge in [-0.05, 0) is 25.5 Å². The van der Waals surface area contributed by atoms with E-state index < -0.39 is 5.97 Å². The Morgan fingerprint density at radius 1 is 1.18 bits per heavy atom. The average Bonchev–Trinajstić information content (AvgIpc) is 2.81. The lowest BCUT2D eigenvalue weighted by atomic mass is 10.2. The van der Waals surface area contributed by atoms with Gasteiger partial charge in [0.1, 0.15) is 6.54 Å². The Bertz CT molecular complexity index is 675. The van der Waals surface area contributed by atoms with Crippen LogP contribution < -0.4 is 5.32 Å². The van der Waals surface area contributed by atoms with Gasteiger partial charge >= 0.3 is 5.97 Å². The molecule has 0 aliphatic rings. The first-order chi connectivity index (χ1) is 10.5. The van der Waals surface area contributed by atoms with Crippen LogP contribution in [0.25, 0.3) is 0 Å². The Morgan fingerprint density at radius 2 is 1.86 bits per heavy atom. The summed E-state index contributed by atoms with van der Waals surface area (Å²) in [4.78, 5) is 23.3. The van der Waals surface area contributed by atoms with Crippen LogP contribution in [0, 0.1) is 13.8 Å². The van der Waals surface area contributed by atoms with Crippen molar-refractivity contribution in [3.63, 3.8) is 0 Å². The second-order valence-corrected chi connectivity index (χ2v) is 5.12. The molecule has 0 atom stereocenters. The second kappa shape index (κ2) is 6.93. The normalized spacial score (nSPS) is 10.3. The number of rotatable bonds is 5. The molecular weight excluding hydrogens is 280 g/mol. The van der Waals surface area contributed by atoms with Gasteiger partial charge in [-0.1, -0.05) is 30.3 Å². The number of aryl methyl sites for hydroxylation is 1. The molecule has 22 heavy (non-hydrogen) atoms. The predicted octanol–water partition coefficient (Wildman–Crippen LogP) is 2.06. The van der Waals surface area contributed by atoms with Gasteiger partial charge in [-0.25, -0.2) is 0 Å². The zero-order chi connectivity index (χ0) is 16.1. The van der Waals surface area contributed by atoms with Crippen molar-refractivity contribution in [2.24, 2.45) is 0 Å². The molecule has 0 aliphatic carbocycles. The second-order valence-electron chi connectivity index (χ2n) is 5.12. The van der Waals surface area contributed by atoms with E-state index in [-0.39, 0.29) is 12.5 Å². The van der Waals surface area contributed by atoms with E-state index in [0.717, 1.165) is 11.4 Å². The third kappa shape index (κ3) is 3.55. The van der Waals surface area contributed by atoms with Crippen LogP contribution in [0.4, 0.5) is 0 Å². The third-order valence-corrected chi connectivity index (χ3v) is 3.62. The first kappa shape index (κ1) is 15.8. The average molecular weight is 300 g/mol. The lowest BCUT2D eigenvalue weighted by Crippen LogP contribution is -2.30. The van der Waals surface area contributed by atoms with Gasteiger partial charge in [-0.15, -0.1) is 0 Å². The largest absolute Gasteiger partial charge is 0.468 e. The van der Waals surface area contributed by atoms with Gasteiger partial charge in [0, 0.05) is 17.9 Å². The predicted molar refractivity (Wildman–Crippen MR) is 83.8 cm³/mol. The van der Waals surface area contributed by atoms with Crippen molar-refractivity contribution in [3.05, 3.63) is 58.9 Å². The van der Waals surface area contributed by atoms with Crippen LogP contribution in [-0.2, 0) is 16.1 Å². The lowest BCUT2D eigenvalue weighted by Gasteiger charge is -2.10. The van der Waals surface area contributed by atoms with Crippen LogP contribution in [0.1, 0.15) is 27.3 Å². The quantitative estimate of drug-likeness (QED) is 0.860. The van der Waals surface area contributed by atoms with Gasteiger partial charge in [0.05, 0.1) is 12.7 Å². The van der Waals surface area contributed by atoms with Crippen molar-refractivity contribution in [3.8, 4) is 0 Å². The van der Waals surface area contributed by atoms with E-state index in [9.17, 15) is 9.59 Å². The maximum Gasteiger partial charge on any atom is 0.325 e. The summed E-state index contributed by atoms with van der Waals surface area (Å²) in [6, 6.07) is 11.9. The van der Waals surface area contributed by atoms with E-state index in [1.54, 1.807) is 0 Å². The fourth-order valence-corrected chi connectivity index (χ4v) is 2.36. The highest BCUT2D eigenvalue weighted by molar-refractivity contribution is 5.97. The smallest absolute Gasteiger partial charge is 0.325 e. The van der Waals surface area contributed by atoms with Crippen LogP contribution in [0.5, 0.6) is 0 Å². The molecule has 0 bridgehead atoms. The minimum Gasteiger partial charge on any atom is -0.468 e. The molecule has 1 amide bonds. The summed E-state index contributed by atoms with van der Waals surface area (Å²) >= 11 is 0. The van der Waals surface area contributed by atoms with Crippen molar-refractivity contribution >= 4 is 11.9 Å². The van der Waals surface area contributed by atoms with Crippen molar-refractivity contribution in [1.82, 2.24) is 9.88 Å². The van der Waals surface area contributed by atoms with Crippen LogP contribution >= 0.6 is 0 Å². The molecule has 0 fully saturated rings. The molecule has 0 saturated carbocycles. The van der Waals surface area contributed by atoms with E-state index >= 15 is 0 Å². The molecule has 0 unspecified atom stereocenters. The Hall–Kier alpha value is -2.56. The number of nitrogens with one attached hydrogen (secondary N) is 1. The van der Waals surface area contributed by atoms with Crippen LogP contribution in [0.15, 0.2) is 36.4 Å². The Labute approximate surface area is 129 Å². The van der Waals surface area contributed by atoms with Crippen LogP contribution in [-0.4, -0.2) is 30.1 Å². The summed E-state index contributed by atoms with van der Waals surface area (Å²) in [6.45, 7) is 4.45. The molecule has 5 nitrogen and oxygen atoms in total. The number of nitrogens with zero attached hydrogens (tertiary/aromatic N) is 1. The molecule has 2 aromatic rings. The molecular formula is C17H20N2O3. The van der Waals surface area contributed by atoms with E-state index in [1.807, 2.05) is 38.1 Å². The minimum absolute atomic E-state index is 0.127. The number of ether oxygens (including phenoxy) is 1. The molecule has 1 aromatic carbocycles. The number of carbonyl (C=O) groups is 2. The van der Waals surface area contributed by atoms with Crippen LogP contribution in [0.2, 0.25) is 0 Å². The molecule has 0 aliphatic heterocycles. The van der Waals surface area contributed by atoms with Gasteiger partial charge in [-0.2, -0.15) is 0 Å². The Balaban J connectivity index is 2.16. The summed E-state index contributed by atoms with van der Waals surface area (Å²) < 4.78 is 6.60. The highest BCUT2D eigenvalue weighted by atomic mass is 16.5. The van der Waals surface area contributed by atoms with E-state index in [1.165, 1.54) is 12.7 Å². The van der Waals surface area contributed by atoms with Gasteiger partial charge in [0.2, 0.25) is 0 Å². The molecule has 1 heterocycles. The van der Waals surface area contributed by atoms with Gasteiger partial charge in [0.15, 0.2) is 0 Å². The van der Waals surface area contributed by atoms with Gasteiger partial charge < -0.3 is 14.6 Å². The van der Waals surface area contributed by atoms with Gasteiger partial charge in [0.25, 0.3) is 5.91 Å². The fraction of sp³-hybridized carbons (Fsp3) is 0.294. The van der Waals surface area contributed by atoms with Crippen molar-refractivity contribution < 1.29 is 14.3 Å². The van der Waals surface area contributed by atoms with E-state index in [4.69, 9.17) is 0 Å². The summed E-state index contributed by atoms with van der Waals surface area (Å²) in [7, 11) is 1.29. The first-order valence-electron chi connectivity index (χ1n) is 7.08. The zero-order valence-corrected chi connectivity index (χ0v) is 13.1. The monoisotopic (exact) mass is 300 g/mol. The molecule has 2 rings (SSSR count). The number of carbonyl (C=O) groups excluding carboxylic acids is 2. The Kier molecular flexibility index (Phi) is 4.99. The van der Waals surface area contributed by atoms with E-state index in [2.05, 4.69) is 26.8 Å². The van der Waals surface area contributed by atoms with Crippen LogP contribution in [0.3, 0.4) is 0 Å². The van der Waals surface area contributed by atoms with E-state index in [0.29, 0.717) is 12.1 Å². The minimum atomic E-state index is -0.466. The molecule has 116 valence electrons. The standard InChI is InChI=1S/C17H20N2O3/c1-12-9-15(17(21)18-10-16(20)22-3)13(2)19(12)11-14-7-5-4-6-8-14/h4-9H,10-11H2,1-3H3,(H,18,21). The molecule has 1 N–H and O–H groups in total. The fourth-order valence-electron chi connectivity index (χ4n) is 2.36. The molecule has 0 radical (unpaired) electrons. The summed E-state index contributed by atoms with van der Waals surface area (Å²) in [5.74, 6) is -0.732. The maximum atomic E-state index is 12.2. The SMILES string of the molecule is COC(=O)CNC(=O)c1cc(C)n(Cc2ccccc2)c1C. The zero-order valence-electron chi connectivity index (χ0n) is 13.1. The number of amides is 1. The highest BCUT2D eigenvalue weighted by Gasteiger charge is 2.16. The number of methoxy groups -OCH3 is 1. The first-order valence-corrected chi connectivity index (χ1v) is 7.08. The number of aromatic nitrogens is 1. The number of hydrogen-bond donors (Lipinski definition) is 1. The molecule has 1 aromatic heterocycles. The summed E-state index contributed by atoms with van der Waals surface area (Å²) in [5, 5.41) is 2.57. The topological polar surface area (TPSA) is 60.3 Å². The highest BCUT2D eigenvalue weighted by Crippen LogP contribution is 2.17. The summed E-state index contributed by atoms with van der Waals surface area (Å²) in [5.41, 5.74) is 3.64.